The molecule has 1 fully saturated rings. The second kappa shape index (κ2) is 8.14. The van der Waals surface area contributed by atoms with Crippen molar-refractivity contribution in [1.29, 1.82) is 0 Å². The van der Waals surface area contributed by atoms with Crippen molar-refractivity contribution in [3.63, 3.8) is 0 Å². The molecule has 1 saturated heterocycles. The molecule has 0 radical (unpaired) electrons. The molecule has 2 amide bonds. The normalized spacial score (nSPS) is 15.4. The van der Waals surface area contributed by atoms with Crippen LogP contribution in [0.2, 0.25) is 0 Å². The number of hydrogen-bond acceptors (Lipinski definition) is 2. The van der Waals surface area contributed by atoms with Gasteiger partial charge in [-0.15, -0.1) is 0 Å². The molecule has 4 nitrogen and oxygen atoms in total. The quantitative estimate of drug-likeness (QED) is 0.856. The van der Waals surface area contributed by atoms with Crippen LogP contribution in [-0.4, -0.2) is 47.8 Å². The van der Waals surface area contributed by atoms with E-state index in [0.717, 1.165) is 43.5 Å². The molecule has 0 spiro atoms. The molecule has 0 aromatic heterocycles. The average molecular weight is 316 g/mol. The van der Waals surface area contributed by atoms with E-state index in [0.29, 0.717) is 19.5 Å². The minimum Gasteiger partial charge on any atom is -0.341 e. The fraction of sp³-hybridized carbons (Fsp3) is 0.579. The molecule has 1 aromatic rings. The Morgan fingerprint density at radius 1 is 1.04 bits per heavy atom. The summed E-state index contributed by atoms with van der Waals surface area (Å²) < 4.78 is 0. The minimum atomic E-state index is 0.0883. The monoisotopic (exact) mass is 316 g/mol. The molecule has 1 heterocycles. The number of nitrogens with zero attached hydrogens (tertiary/aromatic N) is 2. The SMILES string of the molecule is CCCCC(=O)N1CCCN(C(=O)c2ccc(C)cc2C)CC1. The molecule has 4 heteroatoms. The highest BCUT2D eigenvalue weighted by molar-refractivity contribution is 5.95. The van der Waals surface area contributed by atoms with Gasteiger partial charge < -0.3 is 9.80 Å². The zero-order chi connectivity index (χ0) is 16.8. The van der Waals surface area contributed by atoms with E-state index < -0.39 is 0 Å². The lowest BCUT2D eigenvalue weighted by Gasteiger charge is -2.23. The molecule has 0 atom stereocenters. The molecular formula is C19H28N2O2. The predicted molar refractivity (Wildman–Crippen MR) is 92.5 cm³/mol. The number of carbonyl (C=O) groups excluding carboxylic acids is 2. The number of benzene rings is 1. The van der Waals surface area contributed by atoms with E-state index in [2.05, 4.69) is 6.92 Å². The van der Waals surface area contributed by atoms with Gasteiger partial charge in [0.05, 0.1) is 0 Å². The lowest BCUT2D eigenvalue weighted by atomic mass is 10.0. The molecule has 2 rings (SSSR count). The third-order valence-corrected chi connectivity index (χ3v) is 4.49. The fourth-order valence-electron chi connectivity index (χ4n) is 3.08. The number of aryl methyl sites for hydroxylation is 2. The highest BCUT2D eigenvalue weighted by Gasteiger charge is 2.23. The summed E-state index contributed by atoms with van der Waals surface area (Å²) in [6, 6.07) is 5.95. The van der Waals surface area contributed by atoms with Crippen LogP contribution in [0.25, 0.3) is 0 Å². The van der Waals surface area contributed by atoms with Crippen LogP contribution in [-0.2, 0) is 4.79 Å². The van der Waals surface area contributed by atoms with E-state index in [9.17, 15) is 9.59 Å². The van der Waals surface area contributed by atoms with Gasteiger partial charge in [0.15, 0.2) is 0 Å². The Labute approximate surface area is 139 Å². The predicted octanol–water partition coefficient (Wildman–Crippen LogP) is 3.17. The number of carbonyl (C=O) groups is 2. The summed E-state index contributed by atoms with van der Waals surface area (Å²) in [5.41, 5.74) is 2.97. The van der Waals surface area contributed by atoms with Crippen molar-refractivity contribution in [2.45, 2.75) is 46.5 Å². The van der Waals surface area contributed by atoms with Crippen molar-refractivity contribution < 1.29 is 9.59 Å². The molecule has 23 heavy (non-hydrogen) atoms. The molecule has 0 saturated carbocycles. The Hall–Kier alpha value is -1.84. The van der Waals surface area contributed by atoms with Crippen molar-refractivity contribution in [2.75, 3.05) is 26.2 Å². The summed E-state index contributed by atoms with van der Waals surface area (Å²) in [4.78, 5) is 28.7. The second-order valence-corrected chi connectivity index (χ2v) is 6.45. The highest BCUT2D eigenvalue weighted by atomic mass is 16.2. The summed E-state index contributed by atoms with van der Waals surface area (Å²) in [7, 11) is 0. The zero-order valence-electron chi connectivity index (χ0n) is 14.6. The number of hydrogen-bond donors (Lipinski definition) is 0. The van der Waals surface area contributed by atoms with E-state index in [4.69, 9.17) is 0 Å². The van der Waals surface area contributed by atoms with Gasteiger partial charge in [0.1, 0.15) is 0 Å². The molecule has 0 unspecified atom stereocenters. The molecule has 1 aliphatic rings. The van der Waals surface area contributed by atoms with Gasteiger partial charge in [-0.1, -0.05) is 31.0 Å². The Balaban J connectivity index is 1.99. The summed E-state index contributed by atoms with van der Waals surface area (Å²) in [6.07, 6.45) is 3.47. The maximum Gasteiger partial charge on any atom is 0.254 e. The Kier molecular flexibility index (Phi) is 6.20. The molecule has 126 valence electrons. The summed E-state index contributed by atoms with van der Waals surface area (Å²) in [6.45, 7) is 8.89. The van der Waals surface area contributed by atoms with E-state index in [1.807, 2.05) is 41.8 Å². The van der Waals surface area contributed by atoms with Crippen LogP contribution in [0.4, 0.5) is 0 Å². The average Bonchev–Trinajstić information content (AvgIpc) is 2.78. The Morgan fingerprint density at radius 2 is 1.74 bits per heavy atom. The molecule has 0 aliphatic carbocycles. The molecule has 0 bridgehead atoms. The summed E-state index contributed by atoms with van der Waals surface area (Å²) in [5.74, 6) is 0.318. The van der Waals surface area contributed by atoms with Gasteiger partial charge in [0.25, 0.3) is 5.91 Å². The van der Waals surface area contributed by atoms with Crippen LogP contribution in [0.1, 0.15) is 54.1 Å². The zero-order valence-corrected chi connectivity index (χ0v) is 14.6. The van der Waals surface area contributed by atoms with Gasteiger partial charge in [0, 0.05) is 38.2 Å². The molecule has 1 aliphatic heterocycles. The second-order valence-electron chi connectivity index (χ2n) is 6.45. The number of unbranched alkanes of at least 4 members (excludes halogenated alkanes) is 1. The van der Waals surface area contributed by atoms with Crippen LogP contribution in [0, 0.1) is 13.8 Å². The van der Waals surface area contributed by atoms with Crippen molar-refractivity contribution in [3.8, 4) is 0 Å². The van der Waals surface area contributed by atoms with Gasteiger partial charge in [-0.3, -0.25) is 9.59 Å². The van der Waals surface area contributed by atoms with E-state index >= 15 is 0 Å². The lowest BCUT2D eigenvalue weighted by Crippen LogP contribution is -2.37. The highest BCUT2D eigenvalue weighted by Crippen LogP contribution is 2.15. The fourth-order valence-corrected chi connectivity index (χ4v) is 3.08. The smallest absolute Gasteiger partial charge is 0.254 e. The summed E-state index contributed by atoms with van der Waals surface area (Å²) in [5, 5.41) is 0. The van der Waals surface area contributed by atoms with Crippen molar-refractivity contribution in [2.24, 2.45) is 0 Å². The number of rotatable bonds is 4. The number of amides is 2. The van der Waals surface area contributed by atoms with E-state index in [1.165, 1.54) is 5.56 Å². The van der Waals surface area contributed by atoms with Crippen LogP contribution in [0.3, 0.4) is 0 Å². The van der Waals surface area contributed by atoms with Gasteiger partial charge in [-0.2, -0.15) is 0 Å². The van der Waals surface area contributed by atoms with Crippen molar-refractivity contribution >= 4 is 11.8 Å². The largest absolute Gasteiger partial charge is 0.341 e. The third kappa shape index (κ3) is 4.57. The van der Waals surface area contributed by atoms with Gasteiger partial charge in [-0.05, 0) is 38.3 Å². The minimum absolute atomic E-state index is 0.0883. The molecular weight excluding hydrogens is 288 g/mol. The third-order valence-electron chi connectivity index (χ3n) is 4.49. The van der Waals surface area contributed by atoms with E-state index in [-0.39, 0.29) is 11.8 Å². The maximum absolute atomic E-state index is 12.8. The first-order chi connectivity index (χ1) is 11.0. The standard InChI is InChI=1S/C19H28N2O2/c1-4-5-7-18(22)20-10-6-11-21(13-12-20)19(23)17-9-8-15(2)14-16(17)3/h8-9,14H,4-7,10-13H2,1-3H3. The first-order valence-electron chi connectivity index (χ1n) is 8.67. The van der Waals surface area contributed by atoms with Gasteiger partial charge in [-0.25, -0.2) is 0 Å². The topological polar surface area (TPSA) is 40.6 Å². The van der Waals surface area contributed by atoms with Crippen molar-refractivity contribution in [3.05, 3.63) is 34.9 Å². The van der Waals surface area contributed by atoms with Crippen LogP contribution < -0.4 is 0 Å². The van der Waals surface area contributed by atoms with Gasteiger partial charge >= 0.3 is 0 Å². The van der Waals surface area contributed by atoms with Crippen LogP contribution >= 0.6 is 0 Å². The maximum atomic E-state index is 12.8. The summed E-state index contributed by atoms with van der Waals surface area (Å²) >= 11 is 0. The molecule has 1 aromatic carbocycles. The first-order valence-corrected chi connectivity index (χ1v) is 8.67. The van der Waals surface area contributed by atoms with E-state index in [1.54, 1.807) is 0 Å². The Morgan fingerprint density at radius 3 is 2.43 bits per heavy atom. The Bertz CT molecular complexity index is 568. The van der Waals surface area contributed by atoms with Crippen LogP contribution in [0.5, 0.6) is 0 Å². The first kappa shape index (κ1) is 17.5. The molecule has 0 N–H and O–H groups in total. The van der Waals surface area contributed by atoms with Crippen LogP contribution in [0.15, 0.2) is 18.2 Å². The van der Waals surface area contributed by atoms with Gasteiger partial charge in [0.2, 0.25) is 5.91 Å². The lowest BCUT2D eigenvalue weighted by molar-refractivity contribution is -0.131. The van der Waals surface area contributed by atoms with Crippen molar-refractivity contribution in [1.82, 2.24) is 9.80 Å².